The maximum atomic E-state index is 11.5. The van der Waals surface area contributed by atoms with Crippen LogP contribution in [-0.2, 0) is 4.79 Å². The topological polar surface area (TPSA) is 60.2 Å². The van der Waals surface area contributed by atoms with Crippen molar-refractivity contribution >= 4 is 26.3 Å². The van der Waals surface area contributed by atoms with Crippen molar-refractivity contribution in [3.05, 3.63) is 39.9 Å². The van der Waals surface area contributed by atoms with Crippen LogP contribution in [0.2, 0.25) is 0 Å². The third kappa shape index (κ3) is 3.93. The summed E-state index contributed by atoms with van der Waals surface area (Å²) in [5.74, 6) is -0.296. The number of hydrogen-bond donors (Lipinski definition) is 0. The summed E-state index contributed by atoms with van der Waals surface area (Å²) in [6.45, 7) is 2.04. The fourth-order valence-electron chi connectivity index (χ4n) is 1.67. The Labute approximate surface area is 108 Å². The molecule has 0 saturated heterocycles. The quantitative estimate of drug-likeness (QED) is 0.456. The molecule has 0 amide bonds. The first-order chi connectivity index (χ1) is 8.06. The first-order valence-electron chi connectivity index (χ1n) is 5.50. The van der Waals surface area contributed by atoms with Crippen molar-refractivity contribution in [2.24, 2.45) is 0 Å². The summed E-state index contributed by atoms with van der Waals surface area (Å²) >= 11 is 2.96. The molecule has 0 bridgehead atoms. The molecule has 17 heavy (non-hydrogen) atoms. The van der Waals surface area contributed by atoms with Crippen LogP contribution in [0.4, 0.5) is 5.69 Å². The molecule has 0 fully saturated rings. The van der Waals surface area contributed by atoms with E-state index < -0.39 is 4.92 Å². The molecule has 1 aromatic carbocycles. The standard InChI is InChI=1S/C12H14BrNO3/c1-2-3-7-11(12(13)15)9-5-4-6-10(8-9)14(16)17/h4-6,8,11H,2-3,7H2,1H3. The molecule has 5 heteroatoms. The zero-order chi connectivity index (χ0) is 12.8. The van der Waals surface area contributed by atoms with Crippen LogP contribution in [0.15, 0.2) is 24.3 Å². The number of nitrogens with zero attached hydrogens (tertiary/aromatic N) is 1. The minimum absolute atomic E-state index is 0.0257. The zero-order valence-electron chi connectivity index (χ0n) is 9.56. The molecule has 0 spiro atoms. The lowest BCUT2D eigenvalue weighted by molar-refractivity contribution is -0.384. The first kappa shape index (κ1) is 13.8. The highest BCUT2D eigenvalue weighted by atomic mass is 79.9. The highest BCUT2D eigenvalue weighted by molar-refractivity contribution is 9.18. The summed E-state index contributed by atoms with van der Waals surface area (Å²) in [6, 6.07) is 6.27. The van der Waals surface area contributed by atoms with E-state index >= 15 is 0 Å². The molecule has 0 aliphatic rings. The van der Waals surface area contributed by atoms with Gasteiger partial charge in [-0.1, -0.05) is 31.9 Å². The van der Waals surface area contributed by atoms with Gasteiger partial charge in [-0.3, -0.25) is 14.9 Å². The van der Waals surface area contributed by atoms with Gasteiger partial charge in [-0.15, -0.1) is 0 Å². The van der Waals surface area contributed by atoms with Gasteiger partial charge >= 0.3 is 0 Å². The van der Waals surface area contributed by atoms with Gasteiger partial charge in [0.2, 0.25) is 4.69 Å². The fourth-order valence-corrected chi connectivity index (χ4v) is 2.17. The second-order valence-electron chi connectivity index (χ2n) is 3.85. The second kappa shape index (κ2) is 6.49. The van der Waals surface area contributed by atoms with Gasteiger partial charge in [0.1, 0.15) is 0 Å². The summed E-state index contributed by atoms with van der Waals surface area (Å²) in [5.41, 5.74) is 0.729. The third-order valence-corrected chi connectivity index (χ3v) is 3.16. The van der Waals surface area contributed by atoms with Crippen LogP contribution in [0.5, 0.6) is 0 Å². The van der Waals surface area contributed by atoms with Gasteiger partial charge < -0.3 is 0 Å². The van der Waals surface area contributed by atoms with Crippen molar-refractivity contribution in [1.82, 2.24) is 0 Å². The molecule has 0 saturated carbocycles. The molecule has 0 aliphatic carbocycles. The van der Waals surface area contributed by atoms with E-state index in [2.05, 4.69) is 15.9 Å². The Morgan fingerprint density at radius 3 is 2.76 bits per heavy atom. The monoisotopic (exact) mass is 299 g/mol. The van der Waals surface area contributed by atoms with E-state index in [-0.39, 0.29) is 16.3 Å². The minimum Gasteiger partial charge on any atom is -0.286 e. The summed E-state index contributed by atoms with van der Waals surface area (Å²) in [4.78, 5) is 21.7. The normalized spacial score (nSPS) is 12.1. The molecule has 0 N–H and O–H groups in total. The van der Waals surface area contributed by atoms with Gasteiger partial charge in [0.15, 0.2) is 0 Å². The Balaban J connectivity index is 2.97. The minimum atomic E-state index is -0.445. The Kier molecular flexibility index (Phi) is 5.28. The number of non-ortho nitro benzene ring substituents is 1. The van der Waals surface area contributed by atoms with Crippen LogP contribution in [0.1, 0.15) is 37.7 Å². The van der Waals surface area contributed by atoms with Gasteiger partial charge in [0.25, 0.3) is 5.69 Å². The molecule has 0 heterocycles. The SMILES string of the molecule is CCCCC(C(=O)Br)c1cccc([N+](=O)[O-])c1. The summed E-state index contributed by atoms with van der Waals surface area (Å²) in [7, 11) is 0. The smallest absolute Gasteiger partial charge is 0.269 e. The Hall–Kier alpha value is -1.23. The fraction of sp³-hybridized carbons (Fsp3) is 0.417. The lowest BCUT2D eigenvalue weighted by Gasteiger charge is -2.12. The molecule has 1 aromatic rings. The highest BCUT2D eigenvalue weighted by Gasteiger charge is 2.19. The van der Waals surface area contributed by atoms with Crippen molar-refractivity contribution in [3.8, 4) is 0 Å². The Morgan fingerprint density at radius 1 is 1.53 bits per heavy atom. The van der Waals surface area contributed by atoms with Crippen molar-refractivity contribution in [1.29, 1.82) is 0 Å². The number of benzene rings is 1. The number of carbonyl (C=O) groups is 1. The lowest BCUT2D eigenvalue weighted by atomic mass is 9.95. The van der Waals surface area contributed by atoms with E-state index in [1.54, 1.807) is 12.1 Å². The van der Waals surface area contributed by atoms with Crippen LogP contribution >= 0.6 is 15.9 Å². The maximum absolute atomic E-state index is 11.5. The first-order valence-corrected chi connectivity index (χ1v) is 6.29. The molecular weight excluding hydrogens is 286 g/mol. The Bertz CT molecular complexity index is 420. The summed E-state index contributed by atoms with van der Waals surface area (Å²) in [6.07, 6.45) is 2.62. The van der Waals surface area contributed by atoms with Crippen molar-refractivity contribution in [3.63, 3.8) is 0 Å². The predicted molar refractivity (Wildman–Crippen MR) is 69.3 cm³/mol. The average Bonchev–Trinajstić information content (AvgIpc) is 2.29. The van der Waals surface area contributed by atoms with E-state index in [9.17, 15) is 14.9 Å². The van der Waals surface area contributed by atoms with E-state index in [1.165, 1.54) is 12.1 Å². The van der Waals surface area contributed by atoms with Crippen molar-refractivity contribution in [2.45, 2.75) is 32.1 Å². The number of unbranched alkanes of at least 4 members (excludes halogenated alkanes) is 1. The van der Waals surface area contributed by atoms with Gasteiger partial charge in [0.05, 0.1) is 10.8 Å². The van der Waals surface area contributed by atoms with E-state index in [0.29, 0.717) is 12.0 Å². The van der Waals surface area contributed by atoms with Gasteiger partial charge in [-0.2, -0.15) is 0 Å². The zero-order valence-corrected chi connectivity index (χ0v) is 11.1. The summed E-state index contributed by atoms with van der Waals surface area (Å²) < 4.78 is -0.119. The van der Waals surface area contributed by atoms with Gasteiger partial charge in [0, 0.05) is 12.1 Å². The maximum Gasteiger partial charge on any atom is 0.269 e. The number of nitro groups is 1. The van der Waals surface area contributed by atoms with E-state index in [1.807, 2.05) is 6.92 Å². The predicted octanol–water partition coefficient (Wildman–Crippen LogP) is 3.79. The van der Waals surface area contributed by atoms with E-state index in [0.717, 1.165) is 12.8 Å². The molecule has 0 aromatic heterocycles. The average molecular weight is 300 g/mol. The van der Waals surface area contributed by atoms with Crippen LogP contribution in [0, 0.1) is 10.1 Å². The van der Waals surface area contributed by atoms with E-state index in [4.69, 9.17) is 0 Å². The molecule has 4 nitrogen and oxygen atoms in total. The van der Waals surface area contributed by atoms with Crippen LogP contribution < -0.4 is 0 Å². The molecule has 1 atom stereocenters. The number of nitro benzene ring substituents is 1. The van der Waals surface area contributed by atoms with Crippen molar-refractivity contribution in [2.75, 3.05) is 0 Å². The van der Waals surface area contributed by atoms with Gasteiger partial charge in [-0.25, -0.2) is 0 Å². The largest absolute Gasteiger partial charge is 0.286 e. The van der Waals surface area contributed by atoms with Crippen molar-refractivity contribution < 1.29 is 9.72 Å². The van der Waals surface area contributed by atoms with Crippen LogP contribution in [0.25, 0.3) is 0 Å². The number of hydrogen-bond acceptors (Lipinski definition) is 3. The van der Waals surface area contributed by atoms with Gasteiger partial charge in [-0.05, 0) is 27.9 Å². The molecule has 1 unspecified atom stereocenters. The molecule has 92 valence electrons. The van der Waals surface area contributed by atoms with Crippen LogP contribution in [0.3, 0.4) is 0 Å². The number of halogens is 1. The third-order valence-electron chi connectivity index (χ3n) is 2.60. The molecule has 1 rings (SSSR count). The highest BCUT2D eigenvalue weighted by Crippen LogP contribution is 2.28. The molecule has 0 aliphatic heterocycles. The lowest BCUT2D eigenvalue weighted by Crippen LogP contribution is -2.06. The number of rotatable bonds is 6. The number of carbonyl (C=O) groups excluding carboxylic acids is 1. The molecule has 0 radical (unpaired) electrons. The second-order valence-corrected chi connectivity index (χ2v) is 4.63. The van der Waals surface area contributed by atoms with Crippen LogP contribution in [-0.4, -0.2) is 9.62 Å². The summed E-state index contributed by atoms with van der Waals surface area (Å²) in [5, 5.41) is 10.7. The Morgan fingerprint density at radius 2 is 2.24 bits per heavy atom. The molecular formula is C12H14BrNO3.